The Kier molecular flexibility index (Phi) is 6.09. The van der Waals surface area contributed by atoms with Gasteiger partial charge in [0.15, 0.2) is 5.16 Å². The molecular weight excluding hydrogens is 410 g/mol. The number of aromatic nitrogens is 2. The fourth-order valence-electron chi connectivity index (χ4n) is 3.17. The van der Waals surface area contributed by atoms with Crippen molar-refractivity contribution in [2.45, 2.75) is 22.7 Å². The zero-order chi connectivity index (χ0) is 20.3. The molecule has 0 aliphatic carbocycles. The van der Waals surface area contributed by atoms with Gasteiger partial charge >= 0.3 is 0 Å². The van der Waals surface area contributed by atoms with Crippen LogP contribution >= 0.6 is 11.8 Å². The van der Waals surface area contributed by atoms with Crippen LogP contribution in [0.15, 0.2) is 52.5 Å². The molecule has 1 fully saturated rings. The highest BCUT2D eigenvalue weighted by molar-refractivity contribution is 7.98. The van der Waals surface area contributed by atoms with Crippen molar-refractivity contribution in [2.24, 2.45) is 0 Å². The van der Waals surface area contributed by atoms with Crippen LogP contribution in [0.1, 0.15) is 12.5 Å². The molecule has 2 aromatic carbocycles. The molecule has 0 bridgehead atoms. The number of fused-ring (bicyclic) bond motifs is 1. The molecule has 0 atom stereocenters. The molecule has 0 radical (unpaired) electrons. The maximum Gasteiger partial charge on any atom is 0.243 e. The summed E-state index contributed by atoms with van der Waals surface area (Å²) in [6, 6.07) is 12.9. The SMILES string of the molecule is CCOc1ccc2nc(SCc3cccc(S(=O)(=O)N4CCOCC4)c3)[nH]c2c1. The minimum absolute atomic E-state index is 0.323. The molecule has 1 aromatic heterocycles. The van der Waals surface area contributed by atoms with E-state index in [1.807, 2.05) is 31.2 Å². The van der Waals surface area contributed by atoms with E-state index < -0.39 is 10.0 Å². The molecule has 29 heavy (non-hydrogen) atoms. The molecule has 1 aliphatic heterocycles. The summed E-state index contributed by atoms with van der Waals surface area (Å²) < 4.78 is 38.0. The highest BCUT2D eigenvalue weighted by Gasteiger charge is 2.26. The number of benzene rings is 2. The first kappa shape index (κ1) is 20.2. The van der Waals surface area contributed by atoms with E-state index in [-0.39, 0.29) is 0 Å². The monoisotopic (exact) mass is 433 g/mol. The van der Waals surface area contributed by atoms with Crippen molar-refractivity contribution in [3.05, 3.63) is 48.0 Å². The molecule has 0 unspecified atom stereocenters. The van der Waals surface area contributed by atoms with Crippen molar-refractivity contribution in [3.8, 4) is 5.75 Å². The van der Waals surface area contributed by atoms with Gasteiger partial charge in [0.25, 0.3) is 0 Å². The summed E-state index contributed by atoms with van der Waals surface area (Å²) in [5.74, 6) is 1.42. The van der Waals surface area contributed by atoms with E-state index in [0.717, 1.165) is 27.5 Å². The van der Waals surface area contributed by atoms with Crippen molar-refractivity contribution >= 4 is 32.8 Å². The number of hydrogen-bond donors (Lipinski definition) is 1. The summed E-state index contributed by atoms with van der Waals surface area (Å²) in [4.78, 5) is 8.20. The van der Waals surface area contributed by atoms with Crippen LogP contribution < -0.4 is 4.74 Å². The van der Waals surface area contributed by atoms with Crippen LogP contribution in [0, 0.1) is 0 Å². The third kappa shape index (κ3) is 4.58. The second kappa shape index (κ2) is 8.74. The van der Waals surface area contributed by atoms with Gasteiger partial charge in [0.2, 0.25) is 10.0 Å². The standard InChI is InChI=1S/C20H23N3O4S2/c1-2-27-16-6-7-18-19(13-16)22-20(21-18)28-14-15-4-3-5-17(12-15)29(24,25)23-8-10-26-11-9-23/h3-7,12-13H,2,8-11,14H2,1H3,(H,21,22). The van der Waals surface area contributed by atoms with Gasteiger partial charge in [-0.25, -0.2) is 13.4 Å². The van der Waals surface area contributed by atoms with Gasteiger partial charge in [-0.2, -0.15) is 4.31 Å². The average Bonchev–Trinajstić information content (AvgIpc) is 3.16. The summed E-state index contributed by atoms with van der Waals surface area (Å²) in [6.07, 6.45) is 0. The first-order valence-electron chi connectivity index (χ1n) is 9.48. The molecule has 0 amide bonds. The number of ether oxygens (including phenoxy) is 2. The van der Waals surface area contributed by atoms with Crippen molar-refractivity contribution in [2.75, 3.05) is 32.9 Å². The van der Waals surface area contributed by atoms with Crippen LogP contribution in [0.3, 0.4) is 0 Å². The predicted octanol–water partition coefficient (Wildman–Crippen LogP) is 3.27. The molecule has 154 valence electrons. The van der Waals surface area contributed by atoms with E-state index in [4.69, 9.17) is 9.47 Å². The fraction of sp³-hybridized carbons (Fsp3) is 0.350. The minimum atomic E-state index is -3.49. The molecule has 1 N–H and O–H groups in total. The Morgan fingerprint density at radius 3 is 2.83 bits per heavy atom. The lowest BCUT2D eigenvalue weighted by Crippen LogP contribution is -2.40. The Balaban J connectivity index is 1.47. The summed E-state index contributed by atoms with van der Waals surface area (Å²) in [5, 5.41) is 0.787. The molecule has 4 rings (SSSR count). The number of hydrogen-bond acceptors (Lipinski definition) is 6. The quantitative estimate of drug-likeness (QED) is 0.576. The summed E-state index contributed by atoms with van der Waals surface area (Å²) in [5.41, 5.74) is 2.72. The molecule has 7 nitrogen and oxygen atoms in total. The number of aromatic amines is 1. The van der Waals surface area contributed by atoms with Crippen LogP contribution in [0.4, 0.5) is 0 Å². The average molecular weight is 434 g/mol. The Labute approximate surface area is 174 Å². The van der Waals surface area contributed by atoms with Crippen molar-refractivity contribution < 1.29 is 17.9 Å². The first-order chi connectivity index (χ1) is 14.1. The lowest BCUT2D eigenvalue weighted by molar-refractivity contribution is 0.0730. The molecule has 1 saturated heterocycles. The van der Waals surface area contributed by atoms with Gasteiger partial charge in [-0.05, 0) is 36.8 Å². The van der Waals surface area contributed by atoms with Gasteiger partial charge in [-0.3, -0.25) is 0 Å². The first-order valence-corrected chi connectivity index (χ1v) is 11.9. The zero-order valence-corrected chi connectivity index (χ0v) is 17.8. The number of thioether (sulfide) groups is 1. The van der Waals surface area contributed by atoms with Crippen LogP contribution in [0.25, 0.3) is 11.0 Å². The highest BCUT2D eigenvalue weighted by atomic mass is 32.2. The van der Waals surface area contributed by atoms with Crippen LogP contribution in [0.5, 0.6) is 5.75 Å². The summed E-state index contributed by atoms with van der Waals surface area (Å²) in [6.45, 7) is 4.22. The Bertz CT molecular complexity index is 1090. The molecule has 1 aliphatic rings. The topological polar surface area (TPSA) is 84.5 Å². The molecule has 0 spiro atoms. The predicted molar refractivity (Wildman–Crippen MR) is 113 cm³/mol. The number of nitrogens with zero attached hydrogens (tertiary/aromatic N) is 2. The lowest BCUT2D eigenvalue weighted by Gasteiger charge is -2.26. The van der Waals surface area contributed by atoms with E-state index in [1.54, 1.807) is 18.2 Å². The Morgan fingerprint density at radius 2 is 2.03 bits per heavy atom. The molecule has 2 heterocycles. The van der Waals surface area contributed by atoms with Gasteiger partial charge in [0.1, 0.15) is 5.75 Å². The van der Waals surface area contributed by atoms with E-state index in [0.29, 0.717) is 43.6 Å². The minimum Gasteiger partial charge on any atom is -0.494 e. The van der Waals surface area contributed by atoms with Crippen molar-refractivity contribution in [3.63, 3.8) is 0 Å². The molecule has 3 aromatic rings. The van der Waals surface area contributed by atoms with Crippen LogP contribution in [-0.4, -0.2) is 55.6 Å². The second-order valence-electron chi connectivity index (χ2n) is 6.61. The Hall–Kier alpha value is -2.07. The van der Waals surface area contributed by atoms with Gasteiger partial charge in [0.05, 0.1) is 35.7 Å². The van der Waals surface area contributed by atoms with Crippen molar-refractivity contribution in [1.82, 2.24) is 14.3 Å². The number of nitrogens with one attached hydrogen (secondary N) is 1. The van der Waals surface area contributed by atoms with E-state index >= 15 is 0 Å². The fourth-order valence-corrected chi connectivity index (χ4v) is 5.48. The van der Waals surface area contributed by atoms with E-state index in [9.17, 15) is 8.42 Å². The summed E-state index contributed by atoms with van der Waals surface area (Å²) in [7, 11) is -3.49. The second-order valence-corrected chi connectivity index (χ2v) is 9.51. The largest absolute Gasteiger partial charge is 0.494 e. The number of imidazole rings is 1. The van der Waals surface area contributed by atoms with E-state index in [1.165, 1.54) is 16.1 Å². The number of sulfonamides is 1. The maximum atomic E-state index is 12.8. The van der Waals surface area contributed by atoms with Gasteiger partial charge in [-0.1, -0.05) is 23.9 Å². The van der Waals surface area contributed by atoms with Gasteiger partial charge in [0, 0.05) is 24.9 Å². The number of H-pyrrole nitrogens is 1. The van der Waals surface area contributed by atoms with Crippen LogP contribution in [-0.2, 0) is 20.5 Å². The normalized spacial score (nSPS) is 15.6. The summed E-state index contributed by atoms with van der Waals surface area (Å²) >= 11 is 1.54. The number of morpholine rings is 1. The Morgan fingerprint density at radius 1 is 1.21 bits per heavy atom. The van der Waals surface area contributed by atoms with Crippen LogP contribution in [0.2, 0.25) is 0 Å². The number of rotatable bonds is 7. The van der Waals surface area contributed by atoms with E-state index in [2.05, 4.69) is 9.97 Å². The van der Waals surface area contributed by atoms with Gasteiger partial charge < -0.3 is 14.5 Å². The van der Waals surface area contributed by atoms with Gasteiger partial charge in [-0.15, -0.1) is 0 Å². The molecule has 0 saturated carbocycles. The third-order valence-corrected chi connectivity index (χ3v) is 7.46. The maximum absolute atomic E-state index is 12.8. The smallest absolute Gasteiger partial charge is 0.243 e. The molecule has 9 heteroatoms. The zero-order valence-electron chi connectivity index (χ0n) is 16.1. The highest BCUT2D eigenvalue weighted by Crippen LogP contribution is 2.27. The molecular formula is C20H23N3O4S2. The van der Waals surface area contributed by atoms with Crippen molar-refractivity contribution in [1.29, 1.82) is 0 Å². The lowest BCUT2D eigenvalue weighted by atomic mass is 10.2. The third-order valence-electron chi connectivity index (χ3n) is 4.62.